The summed E-state index contributed by atoms with van der Waals surface area (Å²) < 4.78 is 1.36. The number of piperidine rings is 1. The highest BCUT2D eigenvalue weighted by molar-refractivity contribution is 5.94. The summed E-state index contributed by atoms with van der Waals surface area (Å²) in [6, 6.07) is 12.1. The van der Waals surface area contributed by atoms with Crippen molar-refractivity contribution in [3.63, 3.8) is 0 Å². The van der Waals surface area contributed by atoms with Gasteiger partial charge in [-0.25, -0.2) is 0 Å². The Morgan fingerprint density at radius 2 is 1.68 bits per heavy atom. The number of hydrogen-bond donors (Lipinski definition) is 1. The monoisotopic (exact) mass is 340 g/mol. The molecule has 2 aromatic rings. The van der Waals surface area contributed by atoms with E-state index in [1.54, 1.807) is 11.9 Å². The molecule has 6 nitrogen and oxygen atoms in total. The van der Waals surface area contributed by atoms with Crippen molar-refractivity contribution in [1.82, 2.24) is 9.47 Å². The predicted octanol–water partition coefficient (Wildman–Crippen LogP) is 1.64. The van der Waals surface area contributed by atoms with Crippen LogP contribution in [0.3, 0.4) is 0 Å². The Labute approximate surface area is 145 Å². The number of benzene rings is 1. The number of carboxylic acids is 1. The first-order valence-electron chi connectivity index (χ1n) is 8.19. The molecule has 6 heteroatoms. The molecule has 0 saturated carbocycles. The molecule has 1 aliphatic rings. The fraction of sp³-hybridized carbons (Fsp3) is 0.316. The van der Waals surface area contributed by atoms with Gasteiger partial charge in [0, 0.05) is 32.4 Å². The number of carboxylic acid groups (broad SMARTS) is 1. The first-order chi connectivity index (χ1) is 11.9. The molecule has 0 bridgehead atoms. The maximum absolute atomic E-state index is 12.6. The average molecular weight is 340 g/mol. The number of likely N-dealkylation sites (tertiary alicyclic amines) is 1. The van der Waals surface area contributed by atoms with Gasteiger partial charge in [0.25, 0.3) is 5.91 Å². The van der Waals surface area contributed by atoms with E-state index < -0.39 is 11.4 Å². The molecule has 1 fully saturated rings. The lowest BCUT2D eigenvalue weighted by Gasteiger charge is -2.39. The lowest BCUT2D eigenvalue weighted by molar-refractivity contribution is -0.145. The molecular weight excluding hydrogens is 320 g/mol. The van der Waals surface area contributed by atoms with Gasteiger partial charge in [-0.15, -0.1) is 0 Å². The van der Waals surface area contributed by atoms with Crippen LogP contribution in [0.25, 0.3) is 0 Å². The van der Waals surface area contributed by atoms with Gasteiger partial charge in [-0.1, -0.05) is 30.3 Å². The van der Waals surface area contributed by atoms with Crippen LogP contribution in [0.1, 0.15) is 28.8 Å². The first-order valence-corrected chi connectivity index (χ1v) is 8.19. The second kappa shape index (κ2) is 6.55. The third kappa shape index (κ3) is 3.07. The Kier molecular flexibility index (Phi) is 4.44. The molecule has 0 aliphatic carbocycles. The smallest absolute Gasteiger partial charge is 0.314 e. The van der Waals surface area contributed by atoms with Crippen molar-refractivity contribution in [3.8, 4) is 0 Å². The molecule has 0 unspecified atom stereocenters. The molecule has 1 amide bonds. The molecule has 0 atom stereocenters. The van der Waals surface area contributed by atoms with E-state index in [2.05, 4.69) is 0 Å². The molecule has 130 valence electrons. The van der Waals surface area contributed by atoms with Gasteiger partial charge in [0.05, 0.1) is 11.0 Å². The maximum atomic E-state index is 12.6. The molecule has 1 saturated heterocycles. The number of carbonyl (C=O) groups is 2. The fourth-order valence-electron chi connectivity index (χ4n) is 3.38. The minimum atomic E-state index is -0.957. The number of aliphatic carboxylic acids is 1. The summed E-state index contributed by atoms with van der Waals surface area (Å²) in [5.74, 6) is -1.03. The van der Waals surface area contributed by atoms with E-state index in [-0.39, 0.29) is 11.5 Å². The molecule has 1 aromatic carbocycles. The molecule has 2 heterocycles. The SMILES string of the molecule is Cn1cc(C(=O)N2CCC(C(=O)O)(c3ccccc3)CC2)ccc1=O. The van der Waals surface area contributed by atoms with Crippen LogP contribution in [-0.4, -0.2) is 39.5 Å². The van der Waals surface area contributed by atoms with Gasteiger partial charge in [-0.2, -0.15) is 0 Å². The van der Waals surface area contributed by atoms with Gasteiger partial charge in [0.2, 0.25) is 5.56 Å². The molecule has 0 spiro atoms. The van der Waals surface area contributed by atoms with Gasteiger partial charge < -0.3 is 14.6 Å². The number of aryl methyl sites for hydroxylation is 1. The third-order valence-electron chi connectivity index (χ3n) is 4.97. The molecular formula is C19H20N2O4. The fourth-order valence-corrected chi connectivity index (χ4v) is 3.38. The zero-order valence-corrected chi connectivity index (χ0v) is 14.0. The summed E-state index contributed by atoms with van der Waals surface area (Å²) in [6.07, 6.45) is 2.24. The Bertz CT molecular complexity index is 849. The van der Waals surface area contributed by atoms with E-state index in [1.165, 1.54) is 22.9 Å². The van der Waals surface area contributed by atoms with Crippen molar-refractivity contribution >= 4 is 11.9 Å². The Hall–Kier alpha value is -2.89. The number of aromatic nitrogens is 1. The highest BCUT2D eigenvalue weighted by Crippen LogP contribution is 2.36. The lowest BCUT2D eigenvalue weighted by Crippen LogP contribution is -2.49. The Morgan fingerprint density at radius 3 is 2.24 bits per heavy atom. The second-order valence-electron chi connectivity index (χ2n) is 6.41. The zero-order valence-electron chi connectivity index (χ0n) is 14.0. The third-order valence-corrected chi connectivity index (χ3v) is 4.97. The maximum Gasteiger partial charge on any atom is 0.314 e. The highest BCUT2D eigenvalue weighted by Gasteiger charge is 2.43. The van der Waals surface area contributed by atoms with E-state index in [0.717, 1.165) is 5.56 Å². The van der Waals surface area contributed by atoms with E-state index in [0.29, 0.717) is 31.5 Å². The standard InChI is InChI=1S/C19H20N2O4/c1-20-13-14(7-8-16(20)22)17(23)21-11-9-19(10-12-21,18(24)25)15-5-3-2-4-6-15/h2-8,13H,9-12H2,1H3,(H,24,25). The summed E-state index contributed by atoms with van der Waals surface area (Å²) in [7, 11) is 1.60. The van der Waals surface area contributed by atoms with Crippen molar-refractivity contribution in [1.29, 1.82) is 0 Å². The van der Waals surface area contributed by atoms with Crippen LogP contribution in [0.15, 0.2) is 53.5 Å². The summed E-state index contributed by atoms with van der Waals surface area (Å²) in [5, 5.41) is 9.81. The molecule has 25 heavy (non-hydrogen) atoms. The lowest BCUT2D eigenvalue weighted by atomic mass is 9.73. The summed E-state index contributed by atoms with van der Waals surface area (Å²) in [4.78, 5) is 37.7. The number of amides is 1. The van der Waals surface area contributed by atoms with Crippen LogP contribution in [0, 0.1) is 0 Å². The molecule has 3 rings (SSSR count). The zero-order chi connectivity index (χ0) is 18.0. The van der Waals surface area contributed by atoms with Crippen LogP contribution < -0.4 is 5.56 Å². The van der Waals surface area contributed by atoms with Crippen LogP contribution >= 0.6 is 0 Å². The molecule has 0 radical (unpaired) electrons. The van der Waals surface area contributed by atoms with Gasteiger partial charge >= 0.3 is 5.97 Å². The summed E-state index contributed by atoms with van der Waals surface area (Å²) in [5.41, 5.74) is 0.0761. The average Bonchev–Trinajstić information content (AvgIpc) is 2.64. The van der Waals surface area contributed by atoms with Crippen molar-refractivity contribution in [2.75, 3.05) is 13.1 Å². The van der Waals surface area contributed by atoms with Gasteiger partial charge in [-0.05, 0) is 24.5 Å². The van der Waals surface area contributed by atoms with E-state index >= 15 is 0 Å². The van der Waals surface area contributed by atoms with Crippen molar-refractivity contribution in [2.45, 2.75) is 18.3 Å². The van der Waals surface area contributed by atoms with Gasteiger partial charge in [0.15, 0.2) is 0 Å². The van der Waals surface area contributed by atoms with Crippen LogP contribution in [0.2, 0.25) is 0 Å². The number of hydrogen-bond acceptors (Lipinski definition) is 3. The van der Waals surface area contributed by atoms with Crippen molar-refractivity contribution < 1.29 is 14.7 Å². The highest BCUT2D eigenvalue weighted by atomic mass is 16.4. The summed E-state index contributed by atoms with van der Waals surface area (Å²) >= 11 is 0. The van der Waals surface area contributed by atoms with Gasteiger partial charge in [0.1, 0.15) is 0 Å². The number of rotatable bonds is 3. The topological polar surface area (TPSA) is 79.6 Å². The van der Waals surface area contributed by atoms with Crippen molar-refractivity contribution in [2.24, 2.45) is 7.05 Å². The molecule has 1 N–H and O–H groups in total. The molecule has 1 aromatic heterocycles. The van der Waals surface area contributed by atoms with Crippen LogP contribution in [-0.2, 0) is 17.3 Å². The first kappa shape index (κ1) is 17.0. The predicted molar refractivity (Wildman–Crippen MR) is 92.6 cm³/mol. The Balaban J connectivity index is 1.80. The van der Waals surface area contributed by atoms with E-state index in [9.17, 15) is 19.5 Å². The second-order valence-corrected chi connectivity index (χ2v) is 6.41. The molecule has 1 aliphatic heterocycles. The number of nitrogens with zero attached hydrogens (tertiary/aromatic N) is 2. The minimum absolute atomic E-state index is 0.177. The van der Waals surface area contributed by atoms with E-state index in [1.807, 2.05) is 30.3 Å². The van der Waals surface area contributed by atoms with Crippen molar-refractivity contribution in [3.05, 3.63) is 70.1 Å². The van der Waals surface area contributed by atoms with E-state index in [4.69, 9.17) is 0 Å². The normalized spacial score (nSPS) is 16.4. The number of carbonyl (C=O) groups excluding carboxylic acids is 1. The quantitative estimate of drug-likeness (QED) is 0.921. The minimum Gasteiger partial charge on any atom is -0.481 e. The summed E-state index contributed by atoms with van der Waals surface area (Å²) in [6.45, 7) is 0.728. The van der Waals surface area contributed by atoms with Crippen LogP contribution in [0.4, 0.5) is 0 Å². The number of pyridine rings is 1. The van der Waals surface area contributed by atoms with Gasteiger partial charge in [-0.3, -0.25) is 14.4 Å². The Morgan fingerprint density at radius 1 is 1.04 bits per heavy atom. The largest absolute Gasteiger partial charge is 0.481 e. The van der Waals surface area contributed by atoms with Crippen LogP contribution in [0.5, 0.6) is 0 Å².